The maximum absolute atomic E-state index is 13.4. The predicted molar refractivity (Wildman–Crippen MR) is 121 cm³/mol. The molecule has 3 N–H and O–H groups in total. The third-order valence-corrected chi connectivity index (χ3v) is 6.46. The van der Waals surface area contributed by atoms with Gasteiger partial charge in [0.05, 0.1) is 6.04 Å². The summed E-state index contributed by atoms with van der Waals surface area (Å²) in [7, 11) is 0. The third-order valence-electron chi connectivity index (χ3n) is 6.46. The van der Waals surface area contributed by atoms with Crippen LogP contribution in [0, 0.1) is 0 Å². The number of rotatable bonds is 5. The van der Waals surface area contributed by atoms with Crippen molar-refractivity contribution >= 4 is 28.6 Å². The molecule has 0 spiro atoms. The van der Waals surface area contributed by atoms with Crippen LogP contribution in [0.3, 0.4) is 0 Å². The number of nitrogens with one attached hydrogen (secondary N) is 3. The van der Waals surface area contributed by atoms with Crippen molar-refractivity contribution < 1.29 is 14.4 Å². The largest absolute Gasteiger partial charge is 0.356 e. The van der Waals surface area contributed by atoms with Crippen molar-refractivity contribution in [2.24, 2.45) is 0 Å². The Balaban J connectivity index is 1.54. The zero-order chi connectivity index (χ0) is 22.4. The fourth-order valence-corrected chi connectivity index (χ4v) is 4.91. The second-order valence-corrected chi connectivity index (χ2v) is 8.51. The third kappa shape index (κ3) is 3.07. The Morgan fingerprint density at radius 2 is 1.91 bits per heavy atom. The van der Waals surface area contributed by atoms with E-state index in [-0.39, 0.29) is 23.8 Å². The first-order chi connectivity index (χ1) is 15.5. The quantitative estimate of drug-likeness (QED) is 0.581. The maximum Gasteiger partial charge on any atom is 0.255 e. The van der Waals surface area contributed by atoms with Gasteiger partial charge in [-0.3, -0.25) is 14.4 Å². The number of benzene rings is 2. The van der Waals surface area contributed by atoms with Gasteiger partial charge in [-0.1, -0.05) is 43.3 Å². The topological polar surface area (TPSA) is 94.3 Å². The number of hydrogen-bond donors (Lipinski definition) is 3. The summed E-state index contributed by atoms with van der Waals surface area (Å²) in [4.78, 5) is 44.3. The van der Waals surface area contributed by atoms with E-state index in [2.05, 4.69) is 15.6 Å². The first-order valence-corrected chi connectivity index (χ1v) is 11.1. The van der Waals surface area contributed by atoms with Crippen LogP contribution in [0.15, 0.2) is 48.5 Å². The van der Waals surface area contributed by atoms with Crippen molar-refractivity contribution in [3.63, 3.8) is 0 Å². The monoisotopic (exact) mass is 430 g/mol. The van der Waals surface area contributed by atoms with E-state index in [1.165, 1.54) is 0 Å². The highest BCUT2D eigenvalue weighted by molar-refractivity contribution is 6.04. The van der Waals surface area contributed by atoms with Crippen LogP contribution < -0.4 is 10.6 Å². The molecule has 7 nitrogen and oxygen atoms in total. The minimum atomic E-state index is -0.701. The van der Waals surface area contributed by atoms with Crippen molar-refractivity contribution in [3.05, 3.63) is 70.9 Å². The van der Waals surface area contributed by atoms with Crippen LogP contribution in [0.25, 0.3) is 10.9 Å². The summed E-state index contributed by atoms with van der Waals surface area (Å²) in [6.45, 7) is 4.20. The summed E-state index contributed by atoms with van der Waals surface area (Å²) in [6, 6.07) is 13.8. The standard InChI is InChI=1S/C25H26N4O3/c1-3-12-26-23(30)14(2)27-24(31)20-13-18-15-8-6-7-11-19(15)28-21(18)22-16-9-4-5-10-17(16)25(32)29(20)22/h4-11,14,20,22,28H,3,12-13H2,1-2H3,(H,26,30)(H,27,31). The number of aromatic amines is 1. The summed E-state index contributed by atoms with van der Waals surface area (Å²) in [5, 5.41) is 6.70. The van der Waals surface area contributed by atoms with E-state index in [1.54, 1.807) is 11.8 Å². The molecule has 3 amide bonds. The van der Waals surface area contributed by atoms with Gasteiger partial charge in [-0.05, 0) is 36.6 Å². The number of amides is 3. The molecule has 0 fully saturated rings. The SMILES string of the molecule is CCCNC(=O)C(C)NC(=O)C1Cc2c([nH]c3ccccc23)C2c3ccccc3C(=O)N12. The lowest BCUT2D eigenvalue weighted by atomic mass is 9.90. The van der Waals surface area contributed by atoms with Crippen molar-refractivity contribution in [1.29, 1.82) is 0 Å². The van der Waals surface area contributed by atoms with E-state index in [9.17, 15) is 14.4 Å². The fourth-order valence-electron chi connectivity index (χ4n) is 4.91. The first kappa shape index (κ1) is 20.3. The van der Waals surface area contributed by atoms with Crippen LogP contribution in [0.1, 0.15) is 53.5 Å². The Morgan fingerprint density at radius 3 is 2.72 bits per heavy atom. The van der Waals surface area contributed by atoms with E-state index in [0.717, 1.165) is 34.1 Å². The minimum absolute atomic E-state index is 0.154. The summed E-state index contributed by atoms with van der Waals surface area (Å²) >= 11 is 0. The molecule has 3 atom stereocenters. The van der Waals surface area contributed by atoms with Gasteiger partial charge in [0.1, 0.15) is 12.1 Å². The molecule has 2 aromatic carbocycles. The number of aromatic nitrogens is 1. The van der Waals surface area contributed by atoms with Crippen molar-refractivity contribution in [1.82, 2.24) is 20.5 Å². The number of carbonyl (C=O) groups excluding carboxylic acids is 3. The molecule has 1 aromatic heterocycles. The molecule has 3 unspecified atom stereocenters. The highest BCUT2D eigenvalue weighted by Crippen LogP contribution is 2.46. The van der Waals surface area contributed by atoms with Crippen LogP contribution in [-0.4, -0.2) is 46.2 Å². The number of hydrogen-bond acceptors (Lipinski definition) is 3. The van der Waals surface area contributed by atoms with Gasteiger partial charge in [0.25, 0.3) is 5.91 Å². The molecule has 0 radical (unpaired) electrons. The van der Waals surface area contributed by atoms with Gasteiger partial charge < -0.3 is 20.5 Å². The zero-order valence-electron chi connectivity index (χ0n) is 18.1. The van der Waals surface area contributed by atoms with Crippen molar-refractivity contribution in [3.8, 4) is 0 Å². The van der Waals surface area contributed by atoms with Crippen LogP contribution in [0.2, 0.25) is 0 Å². The van der Waals surface area contributed by atoms with Crippen molar-refractivity contribution in [2.45, 2.75) is 44.8 Å². The van der Waals surface area contributed by atoms with Gasteiger partial charge in [0.2, 0.25) is 11.8 Å². The van der Waals surface area contributed by atoms with Gasteiger partial charge in [0.15, 0.2) is 0 Å². The Labute approximate surface area is 186 Å². The predicted octanol–water partition coefficient (Wildman–Crippen LogP) is 2.67. The highest BCUT2D eigenvalue weighted by Gasteiger charge is 2.49. The normalized spacial score (nSPS) is 19.8. The van der Waals surface area contributed by atoms with Crippen LogP contribution in [-0.2, 0) is 16.0 Å². The number of nitrogens with zero attached hydrogens (tertiary/aromatic N) is 1. The molecule has 2 aliphatic rings. The van der Waals surface area contributed by atoms with Crippen LogP contribution >= 0.6 is 0 Å². The van der Waals surface area contributed by atoms with Gasteiger partial charge in [-0.15, -0.1) is 0 Å². The Hall–Kier alpha value is -3.61. The second kappa shape index (κ2) is 7.82. The minimum Gasteiger partial charge on any atom is -0.356 e. The number of H-pyrrole nitrogens is 1. The van der Waals surface area contributed by atoms with E-state index in [1.807, 2.05) is 55.5 Å². The summed E-state index contributed by atoms with van der Waals surface area (Å²) in [5.74, 6) is -0.694. The zero-order valence-corrected chi connectivity index (χ0v) is 18.1. The second-order valence-electron chi connectivity index (χ2n) is 8.51. The first-order valence-electron chi connectivity index (χ1n) is 11.1. The Bertz CT molecular complexity index is 1230. The molecule has 0 saturated heterocycles. The molecule has 0 aliphatic carbocycles. The summed E-state index contributed by atoms with van der Waals surface area (Å²) in [5.41, 5.74) is 4.52. The van der Waals surface area contributed by atoms with Crippen molar-refractivity contribution in [2.75, 3.05) is 6.54 Å². The molecular weight excluding hydrogens is 404 g/mol. The smallest absolute Gasteiger partial charge is 0.255 e. The lowest BCUT2D eigenvalue weighted by Gasteiger charge is -2.37. The fraction of sp³-hybridized carbons (Fsp3) is 0.320. The molecule has 32 heavy (non-hydrogen) atoms. The lowest BCUT2D eigenvalue weighted by Crippen LogP contribution is -2.55. The lowest BCUT2D eigenvalue weighted by molar-refractivity contribution is -0.131. The van der Waals surface area contributed by atoms with Gasteiger partial charge in [-0.25, -0.2) is 0 Å². The molecule has 164 valence electrons. The van der Waals surface area contributed by atoms with E-state index < -0.39 is 12.1 Å². The van der Waals surface area contributed by atoms with Crippen LogP contribution in [0.5, 0.6) is 0 Å². The van der Waals surface area contributed by atoms with Gasteiger partial charge >= 0.3 is 0 Å². The molecule has 5 rings (SSSR count). The van der Waals surface area contributed by atoms with E-state index in [4.69, 9.17) is 0 Å². The van der Waals surface area contributed by atoms with Crippen LogP contribution in [0.4, 0.5) is 0 Å². The highest BCUT2D eigenvalue weighted by atomic mass is 16.2. The number of carbonyl (C=O) groups is 3. The number of para-hydroxylation sites is 1. The molecule has 3 heterocycles. The molecule has 3 aromatic rings. The maximum atomic E-state index is 13.4. The molecule has 0 bridgehead atoms. The molecule has 2 aliphatic heterocycles. The molecular formula is C25H26N4O3. The summed E-state index contributed by atoms with van der Waals surface area (Å²) < 4.78 is 0. The molecule has 7 heteroatoms. The average molecular weight is 431 g/mol. The Morgan fingerprint density at radius 1 is 1.16 bits per heavy atom. The van der Waals surface area contributed by atoms with E-state index in [0.29, 0.717) is 18.5 Å². The molecule has 0 saturated carbocycles. The number of fused-ring (bicyclic) bond motifs is 7. The Kier molecular flexibility index (Phi) is 4.96. The average Bonchev–Trinajstić information content (AvgIpc) is 3.32. The van der Waals surface area contributed by atoms with E-state index >= 15 is 0 Å². The van der Waals surface area contributed by atoms with Gasteiger partial charge in [-0.2, -0.15) is 0 Å². The summed E-state index contributed by atoms with van der Waals surface area (Å²) in [6.07, 6.45) is 1.21. The van der Waals surface area contributed by atoms with Gasteiger partial charge in [0, 0.05) is 35.1 Å².